The second kappa shape index (κ2) is 5.99. The first-order valence-electron chi connectivity index (χ1n) is 6.87. The van der Waals surface area contributed by atoms with Crippen LogP contribution in [0.5, 0.6) is 0 Å². The van der Waals surface area contributed by atoms with Crippen molar-refractivity contribution in [1.82, 2.24) is 19.8 Å². The Bertz CT molecular complexity index is 472. The van der Waals surface area contributed by atoms with Crippen LogP contribution in [0, 0.1) is 0 Å². The molecule has 0 aliphatic carbocycles. The van der Waals surface area contributed by atoms with Crippen molar-refractivity contribution >= 4 is 0 Å². The summed E-state index contributed by atoms with van der Waals surface area (Å²) in [5, 5.41) is 0. The fourth-order valence-electron chi connectivity index (χ4n) is 2.54. The maximum absolute atomic E-state index is 4.29. The van der Waals surface area contributed by atoms with Gasteiger partial charge in [-0.25, -0.2) is 4.98 Å². The van der Waals surface area contributed by atoms with E-state index >= 15 is 0 Å². The van der Waals surface area contributed by atoms with Crippen LogP contribution < -0.4 is 0 Å². The van der Waals surface area contributed by atoms with Gasteiger partial charge in [-0.15, -0.1) is 0 Å². The number of H-pyrrole nitrogens is 1. The first kappa shape index (κ1) is 12.4. The van der Waals surface area contributed by atoms with Gasteiger partial charge in [0.2, 0.25) is 0 Å². The highest BCUT2D eigenvalue weighted by Gasteiger charge is 2.17. The fourth-order valence-corrected chi connectivity index (χ4v) is 2.54. The summed E-state index contributed by atoms with van der Waals surface area (Å²) in [7, 11) is 0. The smallest absolute Gasteiger partial charge is 0.120 e. The number of hydrogen-bond donors (Lipinski definition) is 1. The van der Waals surface area contributed by atoms with Crippen molar-refractivity contribution in [3.63, 3.8) is 0 Å². The Hall–Kier alpha value is -1.65. The quantitative estimate of drug-likeness (QED) is 0.905. The van der Waals surface area contributed by atoms with Crippen LogP contribution in [0.1, 0.15) is 11.4 Å². The third kappa shape index (κ3) is 3.43. The maximum atomic E-state index is 4.29. The van der Waals surface area contributed by atoms with Crippen molar-refractivity contribution in [2.45, 2.75) is 13.1 Å². The van der Waals surface area contributed by atoms with Crippen LogP contribution in [0.3, 0.4) is 0 Å². The zero-order valence-electron chi connectivity index (χ0n) is 11.1. The van der Waals surface area contributed by atoms with E-state index in [-0.39, 0.29) is 0 Å². The van der Waals surface area contributed by atoms with Crippen LogP contribution in [-0.4, -0.2) is 45.9 Å². The first-order valence-corrected chi connectivity index (χ1v) is 6.87. The molecule has 2 heterocycles. The van der Waals surface area contributed by atoms with Gasteiger partial charge in [0.15, 0.2) is 0 Å². The van der Waals surface area contributed by atoms with Crippen LogP contribution in [0.15, 0.2) is 42.7 Å². The van der Waals surface area contributed by atoms with Crippen molar-refractivity contribution < 1.29 is 0 Å². The van der Waals surface area contributed by atoms with Gasteiger partial charge < -0.3 is 4.98 Å². The van der Waals surface area contributed by atoms with E-state index < -0.39 is 0 Å². The monoisotopic (exact) mass is 256 g/mol. The lowest BCUT2D eigenvalue weighted by Crippen LogP contribution is -2.45. The van der Waals surface area contributed by atoms with Crippen LogP contribution in [0.4, 0.5) is 0 Å². The molecule has 1 aliphatic rings. The standard InChI is InChI=1S/C15H20N4/c1-2-4-14(5-3-1)12-18-8-10-19(11-9-18)13-15-16-6-7-17-15/h1-7H,8-13H2,(H,16,17). The summed E-state index contributed by atoms with van der Waals surface area (Å²) in [5.41, 5.74) is 1.40. The molecule has 4 heteroatoms. The van der Waals surface area contributed by atoms with E-state index in [1.807, 2.05) is 12.4 Å². The number of aromatic nitrogens is 2. The molecule has 100 valence electrons. The van der Waals surface area contributed by atoms with Crippen LogP contribution in [0.25, 0.3) is 0 Å². The molecule has 1 N–H and O–H groups in total. The number of imidazole rings is 1. The molecular weight excluding hydrogens is 236 g/mol. The molecule has 3 rings (SSSR count). The minimum absolute atomic E-state index is 0.937. The van der Waals surface area contributed by atoms with Gasteiger partial charge in [0.05, 0.1) is 6.54 Å². The Labute approximate surface area is 114 Å². The summed E-state index contributed by atoms with van der Waals surface area (Å²) in [6.07, 6.45) is 3.71. The summed E-state index contributed by atoms with van der Waals surface area (Å²) in [6.45, 7) is 6.51. The Morgan fingerprint density at radius 2 is 1.63 bits per heavy atom. The lowest BCUT2D eigenvalue weighted by molar-refractivity contribution is 0.120. The van der Waals surface area contributed by atoms with Gasteiger partial charge >= 0.3 is 0 Å². The molecule has 1 aromatic carbocycles. The molecule has 1 aromatic heterocycles. The van der Waals surface area contributed by atoms with Gasteiger partial charge in [0, 0.05) is 45.1 Å². The van der Waals surface area contributed by atoms with E-state index in [0.29, 0.717) is 0 Å². The molecule has 19 heavy (non-hydrogen) atoms. The number of benzene rings is 1. The predicted octanol–water partition coefficient (Wildman–Crippen LogP) is 1.73. The molecular formula is C15H20N4. The molecule has 1 fully saturated rings. The van der Waals surface area contributed by atoms with E-state index in [1.54, 1.807) is 0 Å². The van der Waals surface area contributed by atoms with E-state index in [1.165, 1.54) is 5.56 Å². The number of piperazine rings is 1. The number of nitrogens with one attached hydrogen (secondary N) is 1. The maximum Gasteiger partial charge on any atom is 0.120 e. The molecule has 4 nitrogen and oxygen atoms in total. The van der Waals surface area contributed by atoms with Crippen LogP contribution in [0.2, 0.25) is 0 Å². The minimum Gasteiger partial charge on any atom is -0.348 e. The molecule has 2 aromatic rings. The Morgan fingerprint density at radius 3 is 2.26 bits per heavy atom. The van der Waals surface area contributed by atoms with E-state index in [0.717, 1.165) is 45.1 Å². The third-order valence-corrected chi connectivity index (χ3v) is 3.64. The third-order valence-electron chi connectivity index (χ3n) is 3.64. The minimum atomic E-state index is 0.937. The lowest BCUT2D eigenvalue weighted by atomic mass is 10.2. The Balaban J connectivity index is 1.47. The summed E-state index contributed by atoms with van der Waals surface area (Å²) < 4.78 is 0. The van der Waals surface area contributed by atoms with Gasteiger partial charge in [-0.2, -0.15) is 0 Å². The lowest BCUT2D eigenvalue weighted by Gasteiger charge is -2.34. The average molecular weight is 256 g/mol. The summed E-state index contributed by atoms with van der Waals surface area (Å²) in [6, 6.07) is 10.7. The van der Waals surface area contributed by atoms with Gasteiger partial charge in [-0.1, -0.05) is 30.3 Å². The number of aromatic amines is 1. The SMILES string of the molecule is c1ccc(CN2CCN(Cc3ncc[nH]3)CC2)cc1. The fraction of sp³-hybridized carbons (Fsp3) is 0.400. The molecule has 1 saturated heterocycles. The van der Waals surface area contributed by atoms with Crippen molar-refractivity contribution in [2.75, 3.05) is 26.2 Å². The van der Waals surface area contributed by atoms with E-state index in [4.69, 9.17) is 0 Å². The molecule has 0 atom stereocenters. The van der Waals surface area contributed by atoms with Gasteiger partial charge in [0.1, 0.15) is 5.82 Å². The van der Waals surface area contributed by atoms with Crippen LogP contribution >= 0.6 is 0 Å². The number of rotatable bonds is 4. The van der Waals surface area contributed by atoms with Crippen LogP contribution in [-0.2, 0) is 13.1 Å². The molecule has 0 radical (unpaired) electrons. The zero-order valence-corrected chi connectivity index (χ0v) is 11.1. The van der Waals surface area contributed by atoms with Crippen molar-refractivity contribution in [2.24, 2.45) is 0 Å². The Morgan fingerprint density at radius 1 is 0.947 bits per heavy atom. The second-order valence-electron chi connectivity index (χ2n) is 5.07. The Kier molecular flexibility index (Phi) is 3.91. The van der Waals surface area contributed by atoms with E-state index in [9.17, 15) is 0 Å². The highest BCUT2D eigenvalue weighted by molar-refractivity contribution is 5.14. The summed E-state index contributed by atoms with van der Waals surface area (Å²) >= 11 is 0. The summed E-state index contributed by atoms with van der Waals surface area (Å²) in [5.74, 6) is 1.07. The summed E-state index contributed by atoms with van der Waals surface area (Å²) in [4.78, 5) is 12.4. The second-order valence-corrected chi connectivity index (χ2v) is 5.07. The average Bonchev–Trinajstić information content (AvgIpc) is 2.95. The molecule has 0 unspecified atom stereocenters. The molecule has 1 aliphatic heterocycles. The van der Waals surface area contributed by atoms with E-state index in [2.05, 4.69) is 50.1 Å². The van der Waals surface area contributed by atoms with Crippen molar-refractivity contribution in [3.8, 4) is 0 Å². The predicted molar refractivity (Wildman–Crippen MR) is 75.6 cm³/mol. The largest absolute Gasteiger partial charge is 0.348 e. The molecule has 0 amide bonds. The van der Waals surface area contributed by atoms with Gasteiger partial charge in [-0.05, 0) is 5.56 Å². The molecule has 0 spiro atoms. The van der Waals surface area contributed by atoms with Gasteiger partial charge in [-0.3, -0.25) is 9.80 Å². The topological polar surface area (TPSA) is 35.2 Å². The normalized spacial score (nSPS) is 17.7. The molecule has 0 bridgehead atoms. The van der Waals surface area contributed by atoms with Gasteiger partial charge in [0.25, 0.3) is 0 Å². The highest BCUT2D eigenvalue weighted by atomic mass is 15.3. The van der Waals surface area contributed by atoms with Crippen molar-refractivity contribution in [1.29, 1.82) is 0 Å². The molecule has 0 saturated carbocycles. The highest BCUT2D eigenvalue weighted by Crippen LogP contribution is 2.09. The zero-order chi connectivity index (χ0) is 12.9. The first-order chi connectivity index (χ1) is 9.40. The number of hydrogen-bond acceptors (Lipinski definition) is 3. The number of nitrogens with zero attached hydrogens (tertiary/aromatic N) is 3. The van der Waals surface area contributed by atoms with Crippen molar-refractivity contribution in [3.05, 3.63) is 54.1 Å².